The molecule has 0 saturated carbocycles. The maximum atomic E-state index is 14.4. The van der Waals surface area contributed by atoms with Crippen molar-refractivity contribution in [1.29, 1.82) is 0 Å². The number of imidazole rings is 1. The van der Waals surface area contributed by atoms with E-state index in [1.807, 2.05) is 87.4 Å². The third kappa shape index (κ3) is 13.0. The van der Waals surface area contributed by atoms with Crippen LogP contribution >= 0.6 is 7.82 Å². The first kappa shape index (κ1) is 68.9. The first-order valence-electron chi connectivity index (χ1n) is 30.6. The molecule has 0 aliphatic carbocycles. The molecule has 2 saturated heterocycles. The number of allylic oxidation sites excluding steroid dienone is 6. The molecule has 2 fully saturated rings. The quantitative estimate of drug-likeness (QED) is 0.0603. The van der Waals surface area contributed by atoms with Gasteiger partial charge in [0.05, 0.1) is 41.7 Å². The zero-order valence-corrected chi connectivity index (χ0v) is 54.1. The Balaban J connectivity index is 1.19. The summed E-state index contributed by atoms with van der Waals surface area (Å²) in [6, 6.07) is 2.70. The molecule has 90 heavy (non-hydrogen) atoms. The number of nitrogens with two attached hydrogens (primary N) is 6. The number of benzene rings is 1. The summed E-state index contributed by atoms with van der Waals surface area (Å²) in [5, 5.41) is 28.2. The van der Waals surface area contributed by atoms with Crippen LogP contribution in [0, 0.1) is 59.2 Å². The predicted octanol–water partition coefficient (Wildman–Crippen LogP) is 3.16. The number of ether oxygens (including phenoxy) is 1. The number of aromatic nitrogens is 2. The van der Waals surface area contributed by atoms with Gasteiger partial charge in [-0.1, -0.05) is 34.6 Å². The molecule has 2 aromatic rings. The Hall–Kier alpha value is -7.00. The molecule has 7 amide bonds. The fourth-order valence-corrected chi connectivity index (χ4v) is 16.6. The van der Waals surface area contributed by atoms with Crippen molar-refractivity contribution in [3.8, 4) is 0 Å². The molecule has 28 heteroatoms. The molecular weight excluding hydrogens is 1180 g/mol. The third-order valence-electron chi connectivity index (χ3n) is 20.6. The summed E-state index contributed by atoms with van der Waals surface area (Å²) in [6.45, 7) is 19.3. The summed E-state index contributed by atoms with van der Waals surface area (Å²) in [4.78, 5) is 126. The van der Waals surface area contributed by atoms with Crippen molar-refractivity contribution in [3.05, 3.63) is 63.9 Å². The number of carbonyl (C=O) groups excluding carboxylic acids is 7. The Morgan fingerprint density at radius 3 is 1.99 bits per heavy atom. The molecule has 8 rings (SSSR count). The first-order chi connectivity index (χ1) is 41.8. The number of primary amides is 6. The van der Waals surface area contributed by atoms with Gasteiger partial charge in [-0.2, -0.15) is 0 Å². The topological polar surface area (TPSA) is 460 Å². The van der Waals surface area contributed by atoms with Crippen molar-refractivity contribution >= 4 is 77.3 Å². The fraction of sp³-hybridized carbons (Fsp3) is 0.629. The first-order valence-corrected chi connectivity index (χ1v) is 32.1. The molecule has 492 valence electrons. The van der Waals surface area contributed by atoms with Gasteiger partial charge in [0.2, 0.25) is 41.4 Å². The summed E-state index contributed by atoms with van der Waals surface area (Å²) >= 11 is 0. The van der Waals surface area contributed by atoms with E-state index in [0.717, 1.165) is 11.1 Å². The van der Waals surface area contributed by atoms with Gasteiger partial charge in [0.15, 0.2) is 6.23 Å². The number of fused-ring (bicyclic) bond motifs is 7. The Morgan fingerprint density at radius 1 is 0.800 bits per heavy atom. The number of carbonyl (C=O) groups is 7. The molecule has 8 bridgehead atoms. The van der Waals surface area contributed by atoms with Gasteiger partial charge >= 0.3 is 7.82 Å². The molecule has 6 aliphatic heterocycles. The Kier molecular flexibility index (Phi) is 19.6. The van der Waals surface area contributed by atoms with Crippen LogP contribution in [0.25, 0.3) is 11.0 Å². The summed E-state index contributed by atoms with van der Waals surface area (Å²) in [5.74, 6) is -7.18. The van der Waals surface area contributed by atoms with E-state index < -0.39 is 143 Å². The SMILES string of the molecule is C/C1=C2/N=C(C=C3N/C(=C(/C)C4=N[C@@](C)([C@@H]5N=C1[C@](C)(CCC(=O)NC[C@H](C)OP(=O)(O)O[C@H]1[C@@H](O)[C@@H](n6cnc7cc(C)c(C)cc76)O[C@@H]1CO)[C@H]5CC(N)=O)[C@@](C)(CC(N)=O)[C@@H]4CCC(N)=O)[C@@](C)(CC(N)=O)[C@@H]3CCC(N)=O)C(C)(C)[C@@H]2CCC(N)=O. The summed E-state index contributed by atoms with van der Waals surface area (Å²) in [5.41, 5.74) is 37.4. The number of nitrogens with zero attached hydrogens (tertiary/aromatic N) is 5. The molecule has 0 radical (unpaired) electrons. The van der Waals surface area contributed by atoms with E-state index in [-0.39, 0.29) is 77.2 Å². The molecule has 0 spiro atoms. The van der Waals surface area contributed by atoms with Crippen molar-refractivity contribution in [3.63, 3.8) is 0 Å². The van der Waals surface area contributed by atoms with Crippen LogP contribution in [-0.2, 0) is 51.9 Å². The lowest BCUT2D eigenvalue weighted by atomic mass is 9.55. The lowest BCUT2D eigenvalue weighted by Crippen LogP contribution is -2.56. The van der Waals surface area contributed by atoms with Gasteiger partial charge in [-0.3, -0.25) is 57.6 Å². The monoisotopic (exact) mass is 1270 g/mol. The van der Waals surface area contributed by atoms with Crippen LogP contribution < -0.4 is 45.0 Å². The average Bonchev–Trinajstić information content (AvgIpc) is 1.53. The predicted molar refractivity (Wildman–Crippen MR) is 334 cm³/mol. The molecule has 6 aliphatic rings. The van der Waals surface area contributed by atoms with Gasteiger partial charge in [-0.05, 0) is 108 Å². The highest BCUT2D eigenvalue weighted by Crippen LogP contribution is 2.63. The Morgan fingerprint density at radius 2 is 1.40 bits per heavy atom. The number of hydrogen-bond donors (Lipinski definition) is 11. The zero-order valence-electron chi connectivity index (χ0n) is 53.3. The second-order valence-corrected chi connectivity index (χ2v) is 28.4. The maximum Gasteiger partial charge on any atom is 0.472 e. The second kappa shape index (κ2) is 25.6. The number of aliphatic hydroxyl groups is 2. The zero-order chi connectivity index (χ0) is 66.7. The highest BCUT2D eigenvalue weighted by molar-refractivity contribution is 7.47. The number of nitrogens with one attached hydrogen (secondary N) is 2. The fourth-order valence-electron chi connectivity index (χ4n) is 15.4. The van der Waals surface area contributed by atoms with Gasteiger partial charge in [-0.25, -0.2) is 9.55 Å². The lowest BCUT2D eigenvalue weighted by Gasteiger charge is -2.48. The normalized spacial score (nSPS) is 33.6. The van der Waals surface area contributed by atoms with Crippen molar-refractivity contribution in [1.82, 2.24) is 20.2 Å². The third-order valence-corrected chi connectivity index (χ3v) is 21.7. The number of hydrogen-bond acceptors (Lipinski definition) is 18. The van der Waals surface area contributed by atoms with Crippen LogP contribution in [0.3, 0.4) is 0 Å². The van der Waals surface area contributed by atoms with Crippen LogP contribution in [0.2, 0.25) is 0 Å². The number of amides is 7. The van der Waals surface area contributed by atoms with E-state index in [1.54, 1.807) is 4.57 Å². The minimum absolute atomic E-state index is 0.0114. The number of rotatable bonds is 26. The largest absolute Gasteiger partial charge is 0.472 e. The van der Waals surface area contributed by atoms with Crippen LogP contribution in [0.1, 0.15) is 150 Å². The highest BCUT2D eigenvalue weighted by Gasteiger charge is 2.66. The molecule has 15 atom stereocenters. The highest BCUT2D eigenvalue weighted by atomic mass is 31.2. The number of phosphoric acid groups is 1. The van der Waals surface area contributed by atoms with E-state index in [2.05, 4.69) is 15.6 Å². The van der Waals surface area contributed by atoms with Crippen LogP contribution in [-0.4, -0.2) is 132 Å². The van der Waals surface area contributed by atoms with Gasteiger partial charge < -0.3 is 69.4 Å². The summed E-state index contributed by atoms with van der Waals surface area (Å²) in [6.07, 6.45) is -4.26. The van der Waals surface area contributed by atoms with Crippen molar-refractivity contribution < 1.29 is 67.0 Å². The minimum atomic E-state index is -5.07. The standard InChI is InChI=1S/C62H90N13O14P/c1-29-20-39-40(21-30(29)2)75(28-70-39)57-52(84)53(41(27-76)87-57)89-90(85,86)88-31(3)26-69-49(83)18-19-59(8)37(22-46(66)80)56-62(11)61(10,25-48(68)82)36(14-17-45(65)79)51(74-62)33(5)55-60(9,24-47(67)81)34(12-15-43(63)77)38(71-55)23-42-58(6,7)35(13-16-44(64)78)50(72-42)32(4)54(59)73-56/h20-21,23,28,31,34-37,41,52-53,56-57,71,76,84H,12-19,22,24-27H2,1-11H3,(H2,63,77)(H2,64,78)(H2,65,79)(H2,66,80)(H2,67,81)(H2,68,82)(H,69,83)(H,85,86)/b38-23?,50-32-,55-33-/t31-,34+,35+,36+,37-,41+,52+,53+,56+,57-,59+,60-,61-,62-/m0/s1. The maximum absolute atomic E-state index is 14.4. The Bertz CT molecular complexity index is 3540. The number of aliphatic hydroxyl groups excluding tert-OH is 2. The van der Waals surface area contributed by atoms with Crippen LogP contribution in [0.5, 0.6) is 0 Å². The molecule has 17 N–H and O–H groups in total. The van der Waals surface area contributed by atoms with Crippen molar-refractivity contribution in [2.45, 2.75) is 189 Å². The van der Waals surface area contributed by atoms with Gasteiger partial charge in [0.1, 0.15) is 18.3 Å². The van der Waals surface area contributed by atoms with Gasteiger partial charge in [-0.15, -0.1) is 0 Å². The number of aryl methyl sites for hydroxylation is 2. The van der Waals surface area contributed by atoms with E-state index in [4.69, 9.17) is 63.2 Å². The molecule has 1 unspecified atom stereocenters. The molecule has 1 aromatic carbocycles. The summed E-state index contributed by atoms with van der Waals surface area (Å²) in [7, 11) is -5.07. The van der Waals surface area contributed by atoms with E-state index in [0.29, 0.717) is 56.4 Å². The second-order valence-electron chi connectivity index (χ2n) is 27.1. The number of phosphoric ester groups is 1. The van der Waals surface area contributed by atoms with E-state index in [1.165, 1.54) is 13.3 Å². The average molecular weight is 1270 g/mol. The van der Waals surface area contributed by atoms with E-state index >= 15 is 0 Å². The smallest absolute Gasteiger partial charge is 0.394 e. The van der Waals surface area contributed by atoms with Gasteiger partial charge in [0, 0.05) is 131 Å². The lowest BCUT2D eigenvalue weighted by molar-refractivity contribution is -0.124. The van der Waals surface area contributed by atoms with Crippen molar-refractivity contribution in [2.24, 2.45) is 94.7 Å². The van der Waals surface area contributed by atoms with Crippen molar-refractivity contribution in [2.75, 3.05) is 13.2 Å². The van der Waals surface area contributed by atoms with E-state index in [9.17, 15) is 53.2 Å². The van der Waals surface area contributed by atoms with Gasteiger partial charge in [0.25, 0.3) is 0 Å². The molecule has 7 heterocycles. The molecule has 27 nitrogen and oxygen atoms in total. The van der Waals surface area contributed by atoms with Crippen LogP contribution in [0.15, 0.2) is 67.8 Å². The molecule has 1 aromatic heterocycles. The number of aliphatic imine (C=N–C) groups is 3. The Labute approximate surface area is 523 Å². The molecular formula is C62H90N13O14P. The van der Waals surface area contributed by atoms with Crippen LogP contribution in [0.4, 0.5) is 0 Å². The minimum Gasteiger partial charge on any atom is -0.394 e. The summed E-state index contributed by atoms with van der Waals surface area (Å²) < 4.78 is 32.3.